The molecule has 1 heterocycles. The number of hydrogen-bond acceptors (Lipinski definition) is 5. The van der Waals surface area contributed by atoms with E-state index in [9.17, 15) is 18.3 Å². The molecule has 0 saturated carbocycles. The second-order valence-corrected chi connectivity index (χ2v) is 9.51. The Balaban J connectivity index is 1.79. The molecule has 0 aromatic heterocycles. The number of aryl methyl sites for hydroxylation is 1. The molecule has 164 valence electrons. The zero-order valence-electron chi connectivity index (χ0n) is 17.7. The largest absolute Gasteiger partial charge is 0.508 e. The van der Waals surface area contributed by atoms with Gasteiger partial charge in [0.05, 0.1) is 23.7 Å². The third-order valence-electron chi connectivity index (χ3n) is 5.25. The lowest BCUT2D eigenvalue weighted by Gasteiger charge is -2.22. The Morgan fingerprint density at radius 3 is 2.38 bits per heavy atom. The van der Waals surface area contributed by atoms with Crippen LogP contribution in [0.2, 0.25) is 0 Å². The van der Waals surface area contributed by atoms with E-state index in [0.29, 0.717) is 34.5 Å². The Morgan fingerprint density at radius 1 is 1.03 bits per heavy atom. The highest BCUT2D eigenvalue weighted by molar-refractivity contribution is 7.92. The zero-order valence-corrected chi connectivity index (χ0v) is 18.5. The highest BCUT2D eigenvalue weighted by Gasteiger charge is 2.35. The molecule has 0 saturated heterocycles. The Bertz CT molecular complexity index is 1300. The van der Waals surface area contributed by atoms with Crippen LogP contribution in [0.15, 0.2) is 77.9 Å². The molecular weight excluding hydrogens is 426 g/mol. The van der Waals surface area contributed by atoms with Crippen LogP contribution in [0.25, 0.3) is 0 Å². The van der Waals surface area contributed by atoms with Crippen molar-refractivity contribution in [3.63, 3.8) is 0 Å². The minimum absolute atomic E-state index is 0.0678. The fourth-order valence-electron chi connectivity index (χ4n) is 3.72. The number of phenolic OH excluding ortho intramolecular Hbond substituents is 1. The third-order valence-corrected chi connectivity index (χ3v) is 5.84. The van der Waals surface area contributed by atoms with Crippen LogP contribution < -0.4 is 4.72 Å². The number of benzene rings is 3. The molecule has 1 aliphatic heterocycles. The van der Waals surface area contributed by atoms with Gasteiger partial charge in [-0.15, -0.1) is 0 Å². The summed E-state index contributed by atoms with van der Waals surface area (Å²) < 4.78 is 26.2. The number of carbonyl (C=O) groups is 1. The topological polar surface area (TPSA) is 99.1 Å². The Kier molecular flexibility index (Phi) is 5.71. The van der Waals surface area contributed by atoms with Crippen molar-refractivity contribution in [2.24, 2.45) is 5.10 Å². The number of hydrogen-bond donors (Lipinski definition) is 2. The average Bonchev–Trinajstić information content (AvgIpc) is 3.18. The summed E-state index contributed by atoms with van der Waals surface area (Å²) in [5.74, 6) is -0.236. The van der Waals surface area contributed by atoms with Gasteiger partial charge in [-0.3, -0.25) is 9.52 Å². The van der Waals surface area contributed by atoms with Crippen molar-refractivity contribution in [2.75, 3.05) is 11.0 Å². The number of carbonyl (C=O) groups excluding carboxylic acids is 1. The molecule has 1 unspecified atom stereocenters. The first-order chi connectivity index (χ1) is 15.2. The van der Waals surface area contributed by atoms with Crippen molar-refractivity contribution in [3.8, 4) is 5.75 Å². The molecule has 1 amide bonds. The van der Waals surface area contributed by atoms with Crippen LogP contribution >= 0.6 is 0 Å². The molecule has 0 bridgehead atoms. The van der Waals surface area contributed by atoms with Crippen LogP contribution in [-0.4, -0.2) is 36.4 Å². The molecule has 1 atom stereocenters. The summed E-state index contributed by atoms with van der Waals surface area (Å²) in [5, 5.41) is 16.4. The fourth-order valence-corrected chi connectivity index (χ4v) is 4.30. The second kappa shape index (κ2) is 8.47. The number of aromatic hydroxyl groups is 1. The number of rotatable bonds is 5. The summed E-state index contributed by atoms with van der Waals surface area (Å²) in [6.07, 6.45) is 1.40. The molecule has 8 heteroatoms. The predicted octanol–water partition coefficient (Wildman–Crippen LogP) is 4.06. The van der Waals surface area contributed by atoms with E-state index in [1.807, 2.05) is 19.1 Å². The van der Waals surface area contributed by atoms with Gasteiger partial charge < -0.3 is 5.11 Å². The minimum Gasteiger partial charge on any atom is -0.508 e. The minimum atomic E-state index is -3.50. The first-order valence-electron chi connectivity index (χ1n) is 10.1. The van der Waals surface area contributed by atoms with Gasteiger partial charge in [-0.1, -0.05) is 54.1 Å². The van der Waals surface area contributed by atoms with Gasteiger partial charge in [0.1, 0.15) is 5.75 Å². The highest BCUT2D eigenvalue weighted by atomic mass is 32.2. The molecule has 2 N–H and O–H groups in total. The van der Waals surface area contributed by atoms with Crippen molar-refractivity contribution in [2.45, 2.75) is 19.4 Å². The summed E-state index contributed by atoms with van der Waals surface area (Å²) in [7, 11) is -3.50. The maximum absolute atomic E-state index is 13.4. The molecule has 0 spiro atoms. The van der Waals surface area contributed by atoms with Gasteiger partial charge in [-0.2, -0.15) is 5.10 Å². The Morgan fingerprint density at radius 2 is 1.69 bits per heavy atom. The molecule has 7 nitrogen and oxygen atoms in total. The molecule has 32 heavy (non-hydrogen) atoms. The number of nitrogens with one attached hydrogen (secondary N) is 1. The summed E-state index contributed by atoms with van der Waals surface area (Å²) in [5.41, 5.74) is 3.59. The van der Waals surface area contributed by atoms with E-state index in [4.69, 9.17) is 0 Å². The molecular formula is C24H23N3O4S. The van der Waals surface area contributed by atoms with E-state index in [1.54, 1.807) is 60.7 Å². The van der Waals surface area contributed by atoms with Crippen molar-refractivity contribution in [3.05, 3.63) is 95.1 Å². The lowest BCUT2D eigenvalue weighted by molar-refractivity contribution is 0.0709. The summed E-state index contributed by atoms with van der Waals surface area (Å²) >= 11 is 0. The van der Waals surface area contributed by atoms with Crippen LogP contribution in [0.5, 0.6) is 5.75 Å². The summed E-state index contributed by atoms with van der Waals surface area (Å²) in [6, 6.07) is 20.4. The average molecular weight is 450 g/mol. The van der Waals surface area contributed by atoms with E-state index in [0.717, 1.165) is 11.8 Å². The molecule has 0 aliphatic carbocycles. The first kappa shape index (κ1) is 21.6. The number of sulfonamides is 1. The smallest absolute Gasteiger partial charge is 0.274 e. The summed E-state index contributed by atoms with van der Waals surface area (Å²) in [4.78, 5) is 13.4. The zero-order chi connectivity index (χ0) is 22.9. The Hall–Kier alpha value is -3.65. The van der Waals surface area contributed by atoms with Gasteiger partial charge >= 0.3 is 0 Å². The maximum Gasteiger partial charge on any atom is 0.274 e. The van der Waals surface area contributed by atoms with Crippen LogP contribution in [0.1, 0.15) is 39.5 Å². The van der Waals surface area contributed by atoms with Crippen molar-refractivity contribution in [1.29, 1.82) is 0 Å². The van der Waals surface area contributed by atoms with Crippen LogP contribution in [0.4, 0.5) is 5.69 Å². The number of para-hydroxylation sites is 2. The van der Waals surface area contributed by atoms with Gasteiger partial charge in [0.15, 0.2) is 0 Å². The number of phenols is 1. The predicted molar refractivity (Wildman–Crippen MR) is 124 cm³/mol. The molecule has 4 rings (SSSR count). The van der Waals surface area contributed by atoms with Gasteiger partial charge in [-0.25, -0.2) is 13.4 Å². The van der Waals surface area contributed by atoms with Gasteiger partial charge in [0.25, 0.3) is 5.91 Å². The van der Waals surface area contributed by atoms with Crippen molar-refractivity contribution in [1.82, 2.24) is 5.01 Å². The SMILES string of the molecule is Cc1ccc(C(=O)N2N=C(c3ccccc3NS(C)(=O)=O)CC2c2ccccc2O)cc1. The Labute approximate surface area is 187 Å². The van der Waals surface area contributed by atoms with E-state index in [-0.39, 0.29) is 11.7 Å². The van der Waals surface area contributed by atoms with E-state index < -0.39 is 16.1 Å². The number of anilines is 1. The van der Waals surface area contributed by atoms with Crippen LogP contribution in [-0.2, 0) is 10.0 Å². The molecule has 3 aromatic rings. The number of amides is 1. The number of nitrogens with zero attached hydrogens (tertiary/aromatic N) is 2. The van der Waals surface area contributed by atoms with Gasteiger partial charge in [-0.05, 0) is 31.2 Å². The van der Waals surface area contributed by atoms with Crippen LogP contribution in [0.3, 0.4) is 0 Å². The quantitative estimate of drug-likeness (QED) is 0.613. The molecule has 3 aromatic carbocycles. The van der Waals surface area contributed by atoms with Gasteiger partial charge in [0.2, 0.25) is 10.0 Å². The highest BCUT2D eigenvalue weighted by Crippen LogP contribution is 2.38. The lowest BCUT2D eigenvalue weighted by Crippen LogP contribution is -2.27. The lowest BCUT2D eigenvalue weighted by atomic mass is 9.96. The van der Waals surface area contributed by atoms with Crippen molar-refractivity contribution >= 4 is 27.3 Å². The molecule has 0 fully saturated rings. The fraction of sp³-hybridized carbons (Fsp3) is 0.167. The molecule has 0 radical (unpaired) electrons. The maximum atomic E-state index is 13.4. The molecule has 1 aliphatic rings. The van der Waals surface area contributed by atoms with Crippen molar-refractivity contribution < 1.29 is 18.3 Å². The third kappa shape index (κ3) is 4.50. The van der Waals surface area contributed by atoms with E-state index >= 15 is 0 Å². The first-order valence-corrected chi connectivity index (χ1v) is 11.9. The van der Waals surface area contributed by atoms with E-state index in [2.05, 4.69) is 9.82 Å². The second-order valence-electron chi connectivity index (χ2n) is 7.76. The number of hydrazone groups is 1. The van der Waals surface area contributed by atoms with Crippen LogP contribution in [0, 0.1) is 6.92 Å². The van der Waals surface area contributed by atoms with E-state index in [1.165, 1.54) is 5.01 Å². The normalized spacial score (nSPS) is 16.0. The monoisotopic (exact) mass is 449 g/mol. The standard InChI is InChI=1S/C24H23N3O4S/c1-16-11-13-17(14-12-16)24(29)27-22(19-8-4-6-10-23(19)28)15-21(25-27)18-7-3-5-9-20(18)26-32(2,30)31/h3-14,22,26,28H,15H2,1-2H3. The van der Waals surface area contributed by atoms with Gasteiger partial charge in [0, 0.05) is 23.1 Å². The summed E-state index contributed by atoms with van der Waals surface area (Å²) in [6.45, 7) is 1.94.